The summed E-state index contributed by atoms with van der Waals surface area (Å²) in [5.41, 5.74) is 0.271. The predicted octanol–water partition coefficient (Wildman–Crippen LogP) is 3.90. The van der Waals surface area contributed by atoms with Gasteiger partial charge in [-0.05, 0) is 39.5 Å². The lowest BCUT2D eigenvalue weighted by molar-refractivity contribution is 0.0696. The summed E-state index contributed by atoms with van der Waals surface area (Å²) >= 11 is 6.66. The SMILES string of the molecule is O=C(O)c1ccnc(SCc2sccc2Br)c1. The first-order chi connectivity index (χ1) is 8.16. The third-order valence-electron chi connectivity index (χ3n) is 2.02. The van der Waals surface area contributed by atoms with Gasteiger partial charge in [0.1, 0.15) is 0 Å². The minimum absolute atomic E-state index is 0.271. The summed E-state index contributed by atoms with van der Waals surface area (Å²) in [5, 5.41) is 11.6. The van der Waals surface area contributed by atoms with Crippen LogP contribution in [0.3, 0.4) is 0 Å². The van der Waals surface area contributed by atoms with Crippen molar-refractivity contribution in [3.05, 3.63) is 44.7 Å². The van der Waals surface area contributed by atoms with E-state index in [0.717, 1.165) is 15.3 Å². The zero-order valence-electron chi connectivity index (χ0n) is 8.59. The van der Waals surface area contributed by atoms with Gasteiger partial charge in [0.05, 0.1) is 10.6 Å². The number of rotatable bonds is 4. The molecule has 0 aromatic carbocycles. The Morgan fingerprint density at radius 1 is 1.53 bits per heavy atom. The van der Waals surface area contributed by atoms with Gasteiger partial charge in [-0.3, -0.25) is 0 Å². The predicted molar refractivity (Wildman–Crippen MR) is 72.8 cm³/mol. The smallest absolute Gasteiger partial charge is 0.335 e. The number of thioether (sulfide) groups is 1. The van der Waals surface area contributed by atoms with E-state index in [4.69, 9.17) is 5.11 Å². The van der Waals surface area contributed by atoms with Crippen molar-refractivity contribution in [3.8, 4) is 0 Å². The summed E-state index contributed by atoms with van der Waals surface area (Å²) in [4.78, 5) is 16.2. The first kappa shape index (κ1) is 12.6. The fourth-order valence-electron chi connectivity index (χ4n) is 1.19. The van der Waals surface area contributed by atoms with Gasteiger partial charge in [-0.25, -0.2) is 9.78 Å². The van der Waals surface area contributed by atoms with Crippen LogP contribution in [0.2, 0.25) is 0 Å². The number of aromatic carboxylic acids is 1. The molecular formula is C11H8BrNO2S2. The molecule has 0 saturated heterocycles. The quantitative estimate of drug-likeness (QED) is 0.864. The number of hydrogen-bond donors (Lipinski definition) is 1. The Labute approximate surface area is 115 Å². The van der Waals surface area contributed by atoms with E-state index in [-0.39, 0.29) is 5.56 Å². The summed E-state index contributed by atoms with van der Waals surface area (Å²) in [6.45, 7) is 0. The molecule has 2 aromatic heterocycles. The molecule has 0 aliphatic carbocycles. The van der Waals surface area contributed by atoms with Crippen LogP contribution in [0.5, 0.6) is 0 Å². The second kappa shape index (κ2) is 5.66. The fourth-order valence-corrected chi connectivity index (χ4v) is 3.88. The van der Waals surface area contributed by atoms with E-state index in [1.165, 1.54) is 28.9 Å². The Hall–Kier alpha value is -0.850. The summed E-state index contributed by atoms with van der Waals surface area (Å²) in [7, 11) is 0. The first-order valence-corrected chi connectivity index (χ1v) is 7.36. The zero-order chi connectivity index (χ0) is 12.3. The molecule has 2 rings (SSSR count). The Morgan fingerprint density at radius 3 is 3.00 bits per heavy atom. The molecule has 2 aromatic rings. The molecule has 0 radical (unpaired) electrons. The number of thiophene rings is 1. The summed E-state index contributed by atoms with van der Waals surface area (Å²) in [5.74, 6) is -0.138. The average Bonchev–Trinajstić information content (AvgIpc) is 2.72. The molecule has 2 heterocycles. The lowest BCUT2D eigenvalue weighted by atomic mass is 10.3. The van der Waals surface area contributed by atoms with Crippen LogP contribution in [0.1, 0.15) is 15.2 Å². The molecule has 1 N–H and O–H groups in total. The molecule has 0 saturated carbocycles. The van der Waals surface area contributed by atoms with Gasteiger partial charge in [-0.2, -0.15) is 0 Å². The molecule has 0 bridgehead atoms. The maximum Gasteiger partial charge on any atom is 0.335 e. The van der Waals surface area contributed by atoms with Crippen molar-refractivity contribution >= 4 is 45.0 Å². The molecule has 0 aliphatic rings. The molecule has 3 nitrogen and oxygen atoms in total. The molecule has 6 heteroatoms. The number of halogens is 1. The second-order valence-corrected chi connectivity index (χ2v) is 6.02. The van der Waals surface area contributed by atoms with E-state index < -0.39 is 5.97 Å². The van der Waals surface area contributed by atoms with Crippen molar-refractivity contribution in [1.82, 2.24) is 4.98 Å². The van der Waals surface area contributed by atoms with Crippen LogP contribution >= 0.6 is 39.0 Å². The normalized spacial score (nSPS) is 10.4. The van der Waals surface area contributed by atoms with Crippen molar-refractivity contribution < 1.29 is 9.90 Å². The third-order valence-corrected chi connectivity index (χ3v) is 5.09. The molecule has 0 aliphatic heterocycles. The highest BCUT2D eigenvalue weighted by atomic mass is 79.9. The molecule has 0 unspecified atom stereocenters. The largest absolute Gasteiger partial charge is 0.478 e. The standard InChI is InChI=1S/C11H8BrNO2S2/c12-8-2-4-16-9(8)6-17-10-5-7(11(14)15)1-3-13-10/h1-5H,6H2,(H,14,15). The molecule has 0 atom stereocenters. The van der Waals surface area contributed by atoms with Crippen LogP contribution in [0.4, 0.5) is 0 Å². The maximum absolute atomic E-state index is 10.8. The highest BCUT2D eigenvalue weighted by Gasteiger charge is 2.06. The van der Waals surface area contributed by atoms with E-state index in [2.05, 4.69) is 20.9 Å². The third kappa shape index (κ3) is 3.31. The van der Waals surface area contributed by atoms with Gasteiger partial charge in [-0.1, -0.05) is 0 Å². The van der Waals surface area contributed by atoms with Crippen LogP contribution in [0, 0.1) is 0 Å². The van der Waals surface area contributed by atoms with Gasteiger partial charge in [0.15, 0.2) is 0 Å². The van der Waals surface area contributed by atoms with Crippen molar-refractivity contribution in [2.24, 2.45) is 0 Å². The highest BCUT2D eigenvalue weighted by molar-refractivity contribution is 9.10. The Kier molecular flexibility index (Phi) is 4.20. The van der Waals surface area contributed by atoms with E-state index >= 15 is 0 Å². The van der Waals surface area contributed by atoms with E-state index in [0.29, 0.717) is 0 Å². The minimum Gasteiger partial charge on any atom is -0.478 e. The van der Waals surface area contributed by atoms with Crippen LogP contribution in [0.25, 0.3) is 0 Å². The molecule has 0 spiro atoms. The van der Waals surface area contributed by atoms with Gasteiger partial charge < -0.3 is 5.11 Å². The maximum atomic E-state index is 10.8. The number of carbonyl (C=O) groups is 1. The van der Waals surface area contributed by atoms with Gasteiger partial charge in [0.2, 0.25) is 0 Å². The van der Waals surface area contributed by atoms with Gasteiger partial charge in [0.25, 0.3) is 0 Å². The van der Waals surface area contributed by atoms with E-state index in [1.54, 1.807) is 17.4 Å². The molecular weight excluding hydrogens is 322 g/mol. The van der Waals surface area contributed by atoms with Crippen LogP contribution in [-0.4, -0.2) is 16.1 Å². The Morgan fingerprint density at radius 2 is 2.35 bits per heavy atom. The summed E-state index contributed by atoms with van der Waals surface area (Å²) in [6, 6.07) is 5.09. The minimum atomic E-state index is -0.924. The van der Waals surface area contributed by atoms with Crippen LogP contribution < -0.4 is 0 Å². The number of carboxylic acid groups (broad SMARTS) is 1. The molecule has 0 fully saturated rings. The van der Waals surface area contributed by atoms with Gasteiger partial charge in [-0.15, -0.1) is 23.1 Å². The first-order valence-electron chi connectivity index (χ1n) is 4.71. The highest BCUT2D eigenvalue weighted by Crippen LogP contribution is 2.29. The van der Waals surface area contributed by atoms with Gasteiger partial charge in [0, 0.05) is 21.3 Å². The molecule has 0 amide bonds. The summed E-state index contributed by atoms with van der Waals surface area (Å²) < 4.78 is 1.09. The fraction of sp³-hybridized carbons (Fsp3) is 0.0909. The number of nitrogens with zero attached hydrogens (tertiary/aromatic N) is 1. The number of hydrogen-bond acceptors (Lipinski definition) is 4. The number of carboxylic acids is 1. The topological polar surface area (TPSA) is 50.2 Å². The Balaban J connectivity index is 2.07. The van der Waals surface area contributed by atoms with Crippen molar-refractivity contribution in [2.45, 2.75) is 10.8 Å². The van der Waals surface area contributed by atoms with E-state index in [1.807, 2.05) is 11.4 Å². The van der Waals surface area contributed by atoms with E-state index in [9.17, 15) is 4.79 Å². The van der Waals surface area contributed by atoms with Crippen LogP contribution in [-0.2, 0) is 5.75 Å². The van der Waals surface area contributed by atoms with Crippen molar-refractivity contribution in [3.63, 3.8) is 0 Å². The zero-order valence-corrected chi connectivity index (χ0v) is 11.8. The summed E-state index contributed by atoms with van der Waals surface area (Å²) in [6.07, 6.45) is 1.52. The van der Waals surface area contributed by atoms with Crippen molar-refractivity contribution in [1.29, 1.82) is 0 Å². The second-order valence-electron chi connectivity index (χ2n) is 3.17. The van der Waals surface area contributed by atoms with Gasteiger partial charge >= 0.3 is 5.97 Å². The number of pyridine rings is 1. The van der Waals surface area contributed by atoms with Crippen molar-refractivity contribution in [2.75, 3.05) is 0 Å². The Bertz CT molecular complexity index is 542. The monoisotopic (exact) mass is 329 g/mol. The lowest BCUT2D eigenvalue weighted by Gasteiger charge is -2.01. The number of aromatic nitrogens is 1. The lowest BCUT2D eigenvalue weighted by Crippen LogP contribution is -1.96. The average molecular weight is 330 g/mol. The van der Waals surface area contributed by atoms with Crippen LogP contribution in [0.15, 0.2) is 39.3 Å². The molecule has 17 heavy (non-hydrogen) atoms. The molecule has 88 valence electrons.